The van der Waals surface area contributed by atoms with Crippen molar-refractivity contribution >= 4 is 0 Å². The van der Waals surface area contributed by atoms with Crippen LogP contribution in [0.4, 0.5) is 0 Å². The van der Waals surface area contributed by atoms with Crippen LogP contribution < -0.4 is 5.73 Å². The van der Waals surface area contributed by atoms with Crippen molar-refractivity contribution in [1.82, 2.24) is 0 Å². The van der Waals surface area contributed by atoms with Crippen molar-refractivity contribution in [2.45, 2.75) is 38.6 Å². The van der Waals surface area contributed by atoms with E-state index < -0.39 is 0 Å². The van der Waals surface area contributed by atoms with Gasteiger partial charge in [0.2, 0.25) is 0 Å². The summed E-state index contributed by atoms with van der Waals surface area (Å²) in [7, 11) is 0. The summed E-state index contributed by atoms with van der Waals surface area (Å²) in [6.45, 7) is 6.11. The van der Waals surface area contributed by atoms with E-state index in [0.717, 1.165) is 31.3 Å². The molecule has 0 radical (unpaired) electrons. The Kier molecular flexibility index (Phi) is 6.18. The van der Waals surface area contributed by atoms with Crippen LogP contribution in [0.5, 0.6) is 0 Å². The van der Waals surface area contributed by atoms with Crippen molar-refractivity contribution in [3.05, 3.63) is 12.2 Å². The van der Waals surface area contributed by atoms with Gasteiger partial charge >= 0.3 is 0 Å². The fourth-order valence-corrected chi connectivity index (χ4v) is 0.868. The Balaban J connectivity index is 3.18. The predicted molar refractivity (Wildman–Crippen MR) is 48.3 cm³/mol. The molecule has 3 N–H and O–H groups in total. The zero-order valence-corrected chi connectivity index (χ0v) is 7.34. The van der Waals surface area contributed by atoms with Crippen molar-refractivity contribution in [3.8, 4) is 0 Å². The van der Waals surface area contributed by atoms with Gasteiger partial charge < -0.3 is 10.8 Å². The average molecular weight is 157 g/mol. The Morgan fingerprint density at radius 1 is 1.45 bits per heavy atom. The van der Waals surface area contributed by atoms with Gasteiger partial charge in [-0.3, -0.25) is 0 Å². The maximum absolute atomic E-state index is 8.49. The SMILES string of the molecule is C=C(CCCCCO)C(C)N. The minimum atomic E-state index is 0.115. The summed E-state index contributed by atoms with van der Waals surface area (Å²) < 4.78 is 0. The summed E-state index contributed by atoms with van der Waals surface area (Å²) in [5.41, 5.74) is 6.72. The molecule has 0 saturated carbocycles. The number of hydrogen-bond acceptors (Lipinski definition) is 2. The van der Waals surface area contributed by atoms with E-state index >= 15 is 0 Å². The smallest absolute Gasteiger partial charge is 0.0431 e. The van der Waals surface area contributed by atoms with Gasteiger partial charge in [-0.25, -0.2) is 0 Å². The van der Waals surface area contributed by atoms with Crippen LogP contribution in [-0.2, 0) is 0 Å². The second kappa shape index (κ2) is 6.38. The van der Waals surface area contributed by atoms with Crippen molar-refractivity contribution in [2.75, 3.05) is 6.61 Å². The summed E-state index contributed by atoms with van der Waals surface area (Å²) >= 11 is 0. The van der Waals surface area contributed by atoms with E-state index in [4.69, 9.17) is 10.8 Å². The highest BCUT2D eigenvalue weighted by atomic mass is 16.2. The van der Waals surface area contributed by atoms with Crippen LogP contribution in [0.15, 0.2) is 12.2 Å². The standard InChI is InChI=1S/C9H19NO/c1-8(9(2)10)6-4-3-5-7-11/h9,11H,1,3-7,10H2,2H3. The molecule has 0 amide bonds. The molecule has 11 heavy (non-hydrogen) atoms. The number of aliphatic hydroxyl groups is 1. The maximum atomic E-state index is 8.49. The van der Waals surface area contributed by atoms with Crippen LogP contribution in [0.1, 0.15) is 32.6 Å². The molecule has 1 atom stereocenters. The first kappa shape index (κ1) is 10.7. The van der Waals surface area contributed by atoms with Crippen LogP contribution in [0.2, 0.25) is 0 Å². The van der Waals surface area contributed by atoms with Crippen LogP contribution in [0, 0.1) is 0 Å². The molecule has 1 unspecified atom stereocenters. The fraction of sp³-hybridized carbons (Fsp3) is 0.778. The van der Waals surface area contributed by atoms with E-state index in [2.05, 4.69) is 6.58 Å². The Morgan fingerprint density at radius 2 is 2.09 bits per heavy atom. The quantitative estimate of drug-likeness (QED) is 0.452. The number of nitrogens with two attached hydrogens (primary N) is 1. The van der Waals surface area contributed by atoms with E-state index in [1.54, 1.807) is 0 Å². The first-order valence-corrected chi connectivity index (χ1v) is 4.22. The Labute approximate surface area is 69.1 Å². The molecule has 0 bridgehead atoms. The molecular formula is C9H19NO. The fourth-order valence-electron chi connectivity index (χ4n) is 0.868. The molecule has 0 rings (SSSR count). The molecule has 0 saturated heterocycles. The average Bonchev–Trinajstić information content (AvgIpc) is 1.97. The van der Waals surface area contributed by atoms with Gasteiger partial charge in [0, 0.05) is 12.6 Å². The van der Waals surface area contributed by atoms with Gasteiger partial charge in [0.05, 0.1) is 0 Å². The molecule has 2 heteroatoms. The van der Waals surface area contributed by atoms with Crippen molar-refractivity contribution in [1.29, 1.82) is 0 Å². The number of hydrogen-bond donors (Lipinski definition) is 2. The molecule has 0 fully saturated rings. The highest BCUT2D eigenvalue weighted by molar-refractivity contribution is 5.01. The molecule has 0 spiro atoms. The van der Waals surface area contributed by atoms with Crippen molar-refractivity contribution < 1.29 is 5.11 Å². The predicted octanol–water partition coefficient (Wildman–Crippen LogP) is 1.44. The summed E-state index contributed by atoms with van der Waals surface area (Å²) in [4.78, 5) is 0. The van der Waals surface area contributed by atoms with Crippen LogP contribution >= 0.6 is 0 Å². The molecule has 2 nitrogen and oxygen atoms in total. The molecule has 0 aromatic rings. The van der Waals surface area contributed by atoms with E-state index in [0.29, 0.717) is 6.61 Å². The zero-order chi connectivity index (χ0) is 8.69. The molecular weight excluding hydrogens is 138 g/mol. The largest absolute Gasteiger partial charge is 0.396 e. The molecule has 0 aliphatic rings. The number of unbranched alkanes of at least 4 members (excludes halogenated alkanes) is 2. The second-order valence-electron chi connectivity index (χ2n) is 2.98. The third-order valence-electron chi connectivity index (χ3n) is 1.80. The van der Waals surface area contributed by atoms with Crippen LogP contribution in [0.25, 0.3) is 0 Å². The maximum Gasteiger partial charge on any atom is 0.0431 e. The Morgan fingerprint density at radius 3 is 2.55 bits per heavy atom. The summed E-state index contributed by atoms with van der Waals surface area (Å²) in [5.74, 6) is 0. The topological polar surface area (TPSA) is 46.2 Å². The first-order chi connectivity index (χ1) is 5.18. The molecule has 66 valence electrons. The van der Waals surface area contributed by atoms with Gasteiger partial charge in [-0.1, -0.05) is 18.6 Å². The summed E-state index contributed by atoms with van der Waals surface area (Å²) in [6.07, 6.45) is 4.06. The van der Waals surface area contributed by atoms with Crippen LogP contribution in [-0.4, -0.2) is 17.8 Å². The minimum absolute atomic E-state index is 0.115. The van der Waals surface area contributed by atoms with Gasteiger partial charge in [-0.2, -0.15) is 0 Å². The molecule has 0 aliphatic heterocycles. The molecule has 0 heterocycles. The molecule has 0 aliphatic carbocycles. The van der Waals surface area contributed by atoms with E-state index in [1.165, 1.54) is 0 Å². The lowest BCUT2D eigenvalue weighted by atomic mass is 10.0. The normalized spacial score (nSPS) is 13.0. The first-order valence-electron chi connectivity index (χ1n) is 4.22. The highest BCUT2D eigenvalue weighted by Crippen LogP contribution is 2.08. The van der Waals surface area contributed by atoms with Crippen LogP contribution in [0.3, 0.4) is 0 Å². The summed E-state index contributed by atoms with van der Waals surface area (Å²) in [6, 6.07) is 0.115. The third-order valence-corrected chi connectivity index (χ3v) is 1.80. The van der Waals surface area contributed by atoms with Gasteiger partial charge in [-0.05, 0) is 26.2 Å². The van der Waals surface area contributed by atoms with Crippen molar-refractivity contribution in [3.63, 3.8) is 0 Å². The van der Waals surface area contributed by atoms with E-state index in [9.17, 15) is 0 Å². The third kappa shape index (κ3) is 6.07. The van der Waals surface area contributed by atoms with E-state index in [1.807, 2.05) is 6.92 Å². The van der Waals surface area contributed by atoms with Gasteiger partial charge in [0.15, 0.2) is 0 Å². The van der Waals surface area contributed by atoms with Gasteiger partial charge in [0.25, 0.3) is 0 Å². The van der Waals surface area contributed by atoms with Gasteiger partial charge in [-0.15, -0.1) is 0 Å². The Hall–Kier alpha value is -0.340. The number of aliphatic hydroxyl groups excluding tert-OH is 1. The highest BCUT2D eigenvalue weighted by Gasteiger charge is 1.98. The Bertz CT molecular complexity index is 110. The lowest BCUT2D eigenvalue weighted by Crippen LogP contribution is -2.16. The van der Waals surface area contributed by atoms with Crippen molar-refractivity contribution in [2.24, 2.45) is 5.73 Å². The molecule has 0 aromatic carbocycles. The monoisotopic (exact) mass is 157 g/mol. The number of rotatable bonds is 6. The lowest BCUT2D eigenvalue weighted by molar-refractivity contribution is 0.283. The lowest BCUT2D eigenvalue weighted by Gasteiger charge is -2.08. The van der Waals surface area contributed by atoms with E-state index in [-0.39, 0.29) is 6.04 Å². The molecule has 0 aromatic heterocycles. The second-order valence-corrected chi connectivity index (χ2v) is 2.98. The zero-order valence-electron chi connectivity index (χ0n) is 7.34. The summed E-state index contributed by atoms with van der Waals surface area (Å²) in [5, 5.41) is 8.49. The minimum Gasteiger partial charge on any atom is -0.396 e. The van der Waals surface area contributed by atoms with Gasteiger partial charge in [0.1, 0.15) is 0 Å².